The Morgan fingerprint density at radius 1 is 1.63 bits per heavy atom. The van der Waals surface area contributed by atoms with Crippen LogP contribution in [0.25, 0.3) is 0 Å². The summed E-state index contributed by atoms with van der Waals surface area (Å²) >= 11 is 0. The zero-order chi connectivity index (χ0) is 14.5. The van der Waals surface area contributed by atoms with Crippen LogP contribution in [-0.4, -0.2) is 19.3 Å². The third-order valence-electron chi connectivity index (χ3n) is 3.23. The van der Waals surface area contributed by atoms with Gasteiger partial charge in [0.1, 0.15) is 0 Å². The topological polar surface area (TPSA) is 52.4 Å². The molecule has 0 aromatic rings. The van der Waals surface area contributed by atoms with Crippen molar-refractivity contribution in [1.82, 2.24) is 0 Å². The van der Waals surface area contributed by atoms with Crippen LogP contribution in [0.3, 0.4) is 0 Å². The molecule has 0 saturated carbocycles. The van der Waals surface area contributed by atoms with E-state index in [-0.39, 0.29) is 10.8 Å². The average molecular weight is 283 g/mol. The van der Waals surface area contributed by atoms with Gasteiger partial charge in [-0.15, -0.1) is 6.58 Å². The Hall–Kier alpha value is -1.10. The Kier molecular flexibility index (Phi) is 5.78. The van der Waals surface area contributed by atoms with Gasteiger partial charge in [0.15, 0.2) is 0 Å². The first-order valence-corrected chi connectivity index (χ1v) is 10.4. The molecule has 0 aliphatic heterocycles. The highest BCUT2D eigenvalue weighted by atomic mass is 28.4. The molecule has 0 saturated heterocycles. The molecule has 0 spiro atoms. The van der Waals surface area contributed by atoms with E-state index in [9.17, 15) is 10.1 Å². The van der Waals surface area contributed by atoms with Gasteiger partial charge in [0, 0.05) is 23.7 Å². The molecule has 0 unspecified atom stereocenters. The summed E-state index contributed by atoms with van der Waals surface area (Å²) in [6, 6.07) is -0.501. The second-order valence-electron chi connectivity index (χ2n) is 6.12. The summed E-state index contributed by atoms with van der Waals surface area (Å²) in [7, 11) is -1.62. The molecule has 0 aromatic carbocycles. The fourth-order valence-corrected chi connectivity index (χ4v) is 3.42. The van der Waals surface area contributed by atoms with Gasteiger partial charge in [0.05, 0.1) is 5.76 Å². The van der Waals surface area contributed by atoms with E-state index in [4.69, 9.17) is 4.43 Å². The predicted molar refractivity (Wildman–Crippen MR) is 80.1 cm³/mol. The number of allylic oxidation sites excluding steroid dienone is 2. The number of nitro groups is 1. The van der Waals surface area contributed by atoms with Crippen molar-refractivity contribution in [3.05, 3.63) is 34.6 Å². The molecule has 5 heteroatoms. The zero-order valence-electron chi connectivity index (χ0n) is 12.2. The van der Waals surface area contributed by atoms with Gasteiger partial charge >= 0.3 is 0 Å². The first-order valence-electron chi connectivity index (χ1n) is 6.97. The fraction of sp³-hybridized carbons (Fsp3) is 0.714. The Labute approximate surface area is 116 Å². The van der Waals surface area contributed by atoms with Crippen LogP contribution < -0.4 is 0 Å². The van der Waals surface area contributed by atoms with Crippen molar-refractivity contribution in [2.24, 2.45) is 5.92 Å². The zero-order valence-corrected chi connectivity index (χ0v) is 13.2. The second kappa shape index (κ2) is 6.89. The molecule has 0 radical (unpaired) electrons. The molecule has 108 valence electrons. The predicted octanol–water partition coefficient (Wildman–Crippen LogP) is 4.13. The van der Waals surface area contributed by atoms with E-state index < -0.39 is 14.4 Å². The summed E-state index contributed by atoms with van der Waals surface area (Å²) in [4.78, 5) is 11.1. The van der Waals surface area contributed by atoms with Crippen LogP contribution in [-0.2, 0) is 4.43 Å². The van der Waals surface area contributed by atoms with E-state index in [1.165, 1.54) is 0 Å². The lowest BCUT2D eigenvalue weighted by atomic mass is 9.86. The van der Waals surface area contributed by atoms with Gasteiger partial charge in [-0.25, -0.2) is 0 Å². The third-order valence-corrected chi connectivity index (χ3v) is 4.10. The van der Waals surface area contributed by atoms with Gasteiger partial charge in [0.25, 0.3) is 0 Å². The molecule has 1 rings (SSSR count). The van der Waals surface area contributed by atoms with E-state index in [0.29, 0.717) is 12.8 Å². The minimum Gasteiger partial charge on any atom is -0.548 e. The van der Waals surface area contributed by atoms with Gasteiger partial charge in [-0.2, -0.15) is 0 Å². The van der Waals surface area contributed by atoms with Crippen LogP contribution in [0.1, 0.15) is 32.1 Å². The molecular formula is C14H25NO3Si. The van der Waals surface area contributed by atoms with Crippen LogP contribution in [0, 0.1) is 16.0 Å². The summed E-state index contributed by atoms with van der Waals surface area (Å²) in [5.41, 5.74) is 0. The fourth-order valence-electron chi connectivity index (χ4n) is 2.46. The Balaban J connectivity index is 2.76. The van der Waals surface area contributed by atoms with Crippen LogP contribution in [0.4, 0.5) is 0 Å². The van der Waals surface area contributed by atoms with Crippen molar-refractivity contribution in [3.63, 3.8) is 0 Å². The van der Waals surface area contributed by atoms with E-state index in [0.717, 1.165) is 25.0 Å². The molecule has 0 aromatic heterocycles. The minimum atomic E-state index is -1.62. The number of rotatable bonds is 7. The number of hydrogen-bond donors (Lipinski definition) is 0. The molecule has 1 aliphatic carbocycles. The summed E-state index contributed by atoms with van der Waals surface area (Å²) in [6.45, 7) is 10.1. The first-order chi connectivity index (χ1) is 8.83. The minimum absolute atomic E-state index is 0.00931. The maximum absolute atomic E-state index is 11.2. The third kappa shape index (κ3) is 5.59. The summed E-state index contributed by atoms with van der Waals surface area (Å²) < 4.78 is 6.00. The van der Waals surface area contributed by atoms with E-state index in [1.54, 1.807) is 6.08 Å². The van der Waals surface area contributed by atoms with Gasteiger partial charge in [-0.3, -0.25) is 10.1 Å². The molecule has 4 nitrogen and oxygen atoms in total. The SMILES string of the molecule is C=CCC[C@@H]([C@H]1C=C(O[Si](C)(C)C)CCC1)[N+](=O)[O-]. The molecule has 0 N–H and O–H groups in total. The normalized spacial score (nSPS) is 21.4. The maximum atomic E-state index is 11.2. The van der Waals surface area contributed by atoms with Crippen molar-refractivity contribution in [1.29, 1.82) is 0 Å². The Morgan fingerprint density at radius 3 is 2.84 bits per heavy atom. The maximum Gasteiger partial charge on any atom is 0.241 e. The summed E-state index contributed by atoms with van der Waals surface area (Å²) in [5.74, 6) is 0.982. The molecule has 0 heterocycles. The molecular weight excluding hydrogens is 258 g/mol. The molecule has 0 fully saturated rings. The van der Waals surface area contributed by atoms with Crippen molar-refractivity contribution >= 4 is 8.32 Å². The average Bonchev–Trinajstić information content (AvgIpc) is 2.27. The second-order valence-corrected chi connectivity index (χ2v) is 10.6. The largest absolute Gasteiger partial charge is 0.548 e. The van der Waals surface area contributed by atoms with E-state index in [2.05, 4.69) is 26.2 Å². The first kappa shape index (κ1) is 16.0. The Bertz CT molecular complexity index is 360. The van der Waals surface area contributed by atoms with Crippen molar-refractivity contribution in [2.45, 2.75) is 57.8 Å². The summed E-state index contributed by atoms with van der Waals surface area (Å²) in [5, 5.41) is 11.2. The molecule has 2 atom stereocenters. The van der Waals surface area contributed by atoms with Crippen LogP contribution >= 0.6 is 0 Å². The van der Waals surface area contributed by atoms with Gasteiger partial charge < -0.3 is 4.43 Å². The van der Waals surface area contributed by atoms with Crippen LogP contribution in [0.15, 0.2) is 24.5 Å². The highest BCUT2D eigenvalue weighted by Crippen LogP contribution is 2.30. The van der Waals surface area contributed by atoms with E-state index >= 15 is 0 Å². The highest BCUT2D eigenvalue weighted by molar-refractivity contribution is 6.70. The van der Waals surface area contributed by atoms with Gasteiger partial charge in [0.2, 0.25) is 14.4 Å². The van der Waals surface area contributed by atoms with Crippen molar-refractivity contribution in [2.75, 3.05) is 0 Å². The standard InChI is InChI=1S/C14H25NO3Si/c1-5-6-10-14(15(16)17)12-8-7-9-13(11-12)18-19(2,3)4/h5,11-12,14H,1,6-10H2,2-4H3/t12-,14+/m1/s1. The van der Waals surface area contributed by atoms with E-state index in [1.807, 2.05) is 6.08 Å². The van der Waals surface area contributed by atoms with Crippen LogP contribution in [0.2, 0.25) is 19.6 Å². The van der Waals surface area contributed by atoms with Gasteiger partial charge in [-0.05, 0) is 45.0 Å². The Morgan fingerprint density at radius 2 is 2.32 bits per heavy atom. The highest BCUT2D eigenvalue weighted by Gasteiger charge is 2.32. The lowest BCUT2D eigenvalue weighted by Gasteiger charge is -2.28. The quantitative estimate of drug-likeness (QED) is 0.305. The monoisotopic (exact) mass is 283 g/mol. The van der Waals surface area contributed by atoms with Crippen molar-refractivity contribution in [3.8, 4) is 0 Å². The molecule has 1 aliphatic rings. The van der Waals surface area contributed by atoms with Crippen molar-refractivity contribution < 1.29 is 9.35 Å². The number of nitrogens with zero attached hydrogens (tertiary/aromatic N) is 1. The molecule has 0 bridgehead atoms. The number of hydrogen-bond acceptors (Lipinski definition) is 3. The summed E-state index contributed by atoms with van der Waals surface area (Å²) in [6.07, 6.45) is 7.83. The van der Waals surface area contributed by atoms with Gasteiger partial charge in [-0.1, -0.05) is 6.08 Å². The van der Waals surface area contributed by atoms with Crippen LogP contribution in [0.5, 0.6) is 0 Å². The molecule has 0 amide bonds. The lowest BCUT2D eigenvalue weighted by molar-refractivity contribution is -0.531. The smallest absolute Gasteiger partial charge is 0.241 e. The molecule has 19 heavy (non-hydrogen) atoms. The lowest BCUT2D eigenvalue weighted by Crippen LogP contribution is -2.31.